The van der Waals surface area contributed by atoms with Crippen LogP contribution in [0.2, 0.25) is 5.02 Å². The summed E-state index contributed by atoms with van der Waals surface area (Å²) in [6, 6.07) is 2.45. The molecular formula is C36H56ClFO5. The van der Waals surface area contributed by atoms with Crippen LogP contribution in [0.5, 0.6) is 5.75 Å². The van der Waals surface area contributed by atoms with Gasteiger partial charge in [-0.3, -0.25) is 0 Å². The molecule has 43 heavy (non-hydrogen) atoms. The SMILES string of the molecule is CC1CCC(C(C)C)C(C2(C3CC(C)CCC3C(C)C)OCC(COc3cc(F)c(C(=O)OC(C)(C)C)cc3Cl)CO2)C1. The van der Waals surface area contributed by atoms with Crippen LogP contribution in [-0.2, 0) is 14.2 Å². The number of carbonyl (C=O) groups is 1. The van der Waals surface area contributed by atoms with Crippen molar-refractivity contribution in [2.24, 2.45) is 53.3 Å². The summed E-state index contributed by atoms with van der Waals surface area (Å²) in [5.41, 5.74) is -0.943. The van der Waals surface area contributed by atoms with Crippen molar-refractivity contribution in [3.05, 3.63) is 28.5 Å². The molecule has 0 N–H and O–H groups in total. The second kappa shape index (κ2) is 14.0. The quantitative estimate of drug-likeness (QED) is 0.270. The highest BCUT2D eigenvalue weighted by Gasteiger charge is 2.57. The Kier molecular flexibility index (Phi) is 11.2. The van der Waals surface area contributed by atoms with E-state index in [1.165, 1.54) is 37.8 Å². The second-order valence-electron chi connectivity index (χ2n) is 15.6. The van der Waals surface area contributed by atoms with E-state index < -0.39 is 23.2 Å². The molecule has 0 amide bonds. The number of halogens is 2. The minimum absolute atomic E-state index is 0.0187. The standard InChI is InChI=1S/C36H56ClFO5/c1-21(2)26-12-10-23(5)14-29(26)36(30-15-24(6)11-13-27(30)22(3)4)41-19-25(20-42-36)18-40-33-17-32(38)28(16-31(33)37)34(39)43-35(7,8)9/h16-17,21-27,29-30H,10-15,18-20H2,1-9H3. The van der Waals surface area contributed by atoms with E-state index in [0.717, 1.165) is 12.8 Å². The maximum absolute atomic E-state index is 14.9. The number of benzene rings is 1. The van der Waals surface area contributed by atoms with Gasteiger partial charge in [0.25, 0.3) is 0 Å². The fourth-order valence-electron chi connectivity index (χ4n) is 8.05. The summed E-state index contributed by atoms with van der Waals surface area (Å²) in [4.78, 5) is 12.4. The first-order chi connectivity index (χ1) is 20.1. The van der Waals surface area contributed by atoms with Gasteiger partial charge in [0.15, 0.2) is 5.79 Å². The molecule has 1 aromatic rings. The van der Waals surface area contributed by atoms with Gasteiger partial charge in [-0.15, -0.1) is 0 Å². The van der Waals surface area contributed by atoms with Gasteiger partial charge in [-0.25, -0.2) is 9.18 Å². The third-order valence-electron chi connectivity index (χ3n) is 10.3. The predicted molar refractivity (Wildman–Crippen MR) is 170 cm³/mol. The largest absolute Gasteiger partial charge is 0.491 e. The van der Waals surface area contributed by atoms with Crippen LogP contribution in [0.1, 0.15) is 111 Å². The van der Waals surface area contributed by atoms with Crippen LogP contribution in [0.3, 0.4) is 0 Å². The Labute approximate surface area is 264 Å². The second-order valence-corrected chi connectivity index (χ2v) is 16.1. The van der Waals surface area contributed by atoms with E-state index in [9.17, 15) is 9.18 Å². The average molecular weight is 623 g/mol. The lowest BCUT2D eigenvalue weighted by Crippen LogP contribution is -2.61. The van der Waals surface area contributed by atoms with Gasteiger partial charge in [0.1, 0.15) is 17.2 Å². The van der Waals surface area contributed by atoms with Crippen molar-refractivity contribution in [3.8, 4) is 5.75 Å². The fourth-order valence-corrected chi connectivity index (χ4v) is 8.27. The van der Waals surface area contributed by atoms with Crippen molar-refractivity contribution in [1.29, 1.82) is 0 Å². The molecule has 2 aliphatic carbocycles. The minimum atomic E-state index is -0.752. The third-order valence-corrected chi connectivity index (χ3v) is 10.6. The molecule has 1 aliphatic heterocycles. The van der Waals surface area contributed by atoms with Crippen molar-refractivity contribution in [3.63, 3.8) is 0 Å². The molecule has 1 heterocycles. The zero-order valence-electron chi connectivity index (χ0n) is 28.0. The molecule has 0 radical (unpaired) electrons. The number of ether oxygens (including phenoxy) is 4. The van der Waals surface area contributed by atoms with E-state index in [1.54, 1.807) is 20.8 Å². The number of esters is 1. The highest BCUT2D eigenvalue weighted by molar-refractivity contribution is 6.32. The molecule has 1 aromatic carbocycles. The first-order valence-electron chi connectivity index (χ1n) is 16.7. The van der Waals surface area contributed by atoms with Gasteiger partial charge in [-0.2, -0.15) is 0 Å². The van der Waals surface area contributed by atoms with Crippen LogP contribution < -0.4 is 4.74 Å². The van der Waals surface area contributed by atoms with Gasteiger partial charge in [0.05, 0.1) is 30.4 Å². The predicted octanol–water partition coefficient (Wildman–Crippen LogP) is 9.59. The molecule has 7 heteroatoms. The van der Waals surface area contributed by atoms with Crippen molar-refractivity contribution in [2.75, 3.05) is 19.8 Å². The van der Waals surface area contributed by atoms with E-state index >= 15 is 0 Å². The lowest BCUT2D eigenvalue weighted by atomic mass is 9.58. The molecule has 6 unspecified atom stereocenters. The Hall–Kier alpha value is -1.37. The topological polar surface area (TPSA) is 54.0 Å². The molecule has 0 spiro atoms. The zero-order chi connectivity index (χ0) is 31.7. The van der Waals surface area contributed by atoms with Crippen molar-refractivity contribution < 1.29 is 28.1 Å². The number of carbonyl (C=O) groups excluding carboxylic acids is 1. The lowest BCUT2D eigenvalue weighted by molar-refractivity contribution is -0.359. The fraction of sp³-hybridized carbons (Fsp3) is 0.806. The highest BCUT2D eigenvalue weighted by Crippen LogP contribution is 2.55. The van der Waals surface area contributed by atoms with Crippen LogP contribution in [0.4, 0.5) is 4.39 Å². The van der Waals surface area contributed by atoms with Gasteiger partial charge in [-0.05, 0) is 88.0 Å². The van der Waals surface area contributed by atoms with Crippen molar-refractivity contribution in [2.45, 2.75) is 112 Å². The summed E-state index contributed by atoms with van der Waals surface area (Å²) in [6.07, 6.45) is 7.26. The maximum Gasteiger partial charge on any atom is 0.341 e. The number of hydrogen-bond donors (Lipinski definition) is 0. The Morgan fingerprint density at radius 1 is 0.953 bits per heavy atom. The molecule has 4 rings (SSSR count). The smallest absolute Gasteiger partial charge is 0.341 e. The van der Waals surface area contributed by atoms with Crippen LogP contribution in [0, 0.1) is 59.1 Å². The first-order valence-corrected chi connectivity index (χ1v) is 17.1. The van der Waals surface area contributed by atoms with E-state index in [1.807, 2.05) is 0 Å². The summed E-state index contributed by atoms with van der Waals surface area (Å²) < 4.78 is 40.4. The first kappa shape index (κ1) is 34.5. The molecule has 1 saturated heterocycles. The summed E-state index contributed by atoms with van der Waals surface area (Å²) in [7, 11) is 0. The molecule has 3 aliphatic rings. The molecule has 3 fully saturated rings. The molecule has 0 bridgehead atoms. The summed E-state index contributed by atoms with van der Waals surface area (Å²) in [5, 5.41) is 0.168. The Bertz CT molecular complexity index is 1060. The number of hydrogen-bond acceptors (Lipinski definition) is 5. The Morgan fingerprint density at radius 2 is 1.47 bits per heavy atom. The molecular weight excluding hydrogens is 567 g/mol. The van der Waals surface area contributed by atoms with E-state index in [2.05, 4.69) is 41.5 Å². The van der Waals surface area contributed by atoms with Crippen molar-refractivity contribution in [1.82, 2.24) is 0 Å². The van der Waals surface area contributed by atoms with Gasteiger partial charge >= 0.3 is 5.97 Å². The molecule has 2 saturated carbocycles. The minimum Gasteiger partial charge on any atom is -0.491 e. The summed E-state index contributed by atoms with van der Waals surface area (Å²) in [6.45, 7) is 20.8. The van der Waals surface area contributed by atoms with E-state index in [-0.39, 0.29) is 28.9 Å². The van der Waals surface area contributed by atoms with Crippen LogP contribution in [0.25, 0.3) is 0 Å². The number of rotatable bonds is 8. The Balaban J connectivity index is 1.52. The van der Waals surface area contributed by atoms with E-state index in [4.69, 9.17) is 30.5 Å². The molecule has 244 valence electrons. The van der Waals surface area contributed by atoms with E-state index in [0.29, 0.717) is 60.6 Å². The summed E-state index contributed by atoms with van der Waals surface area (Å²) in [5.74, 6) is 2.43. The third kappa shape index (κ3) is 8.08. The highest BCUT2D eigenvalue weighted by atomic mass is 35.5. The van der Waals surface area contributed by atoms with Crippen LogP contribution in [-0.4, -0.2) is 37.2 Å². The van der Waals surface area contributed by atoms with Gasteiger partial charge < -0.3 is 18.9 Å². The van der Waals surface area contributed by atoms with Gasteiger partial charge in [-0.1, -0.05) is 66.0 Å². The lowest BCUT2D eigenvalue weighted by Gasteiger charge is -2.57. The molecule has 6 atom stereocenters. The van der Waals surface area contributed by atoms with Crippen LogP contribution in [0.15, 0.2) is 12.1 Å². The van der Waals surface area contributed by atoms with Gasteiger partial charge in [0.2, 0.25) is 0 Å². The molecule has 5 nitrogen and oxygen atoms in total. The maximum atomic E-state index is 14.9. The summed E-state index contributed by atoms with van der Waals surface area (Å²) >= 11 is 6.44. The van der Waals surface area contributed by atoms with Gasteiger partial charge in [0, 0.05) is 23.8 Å². The monoisotopic (exact) mass is 622 g/mol. The average Bonchev–Trinajstić information content (AvgIpc) is 2.92. The molecule has 0 aromatic heterocycles. The normalized spacial score (nSPS) is 33.9. The Morgan fingerprint density at radius 3 is 1.93 bits per heavy atom. The van der Waals surface area contributed by atoms with Crippen LogP contribution >= 0.6 is 11.6 Å². The zero-order valence-corrected chi connectivity index (χ0v) is 28.8. The van der Waals surface area contributed by atoms with Crippen molar-refractivity contribution >= 4 is 17.6 Å².